The van der Waals surface area contributed by atoms with Gasteiger partial charge in [0.2, 0.25) is 0 Å². The first-order chi connectivity index (χ1) is 12.4. The van der Waals surface area contributed by atoms with Gasteiger partial charge in [-0.2, -0.15) is 0 Å². The van der Waals surface area contributed by atoms with Crippen LogP contribution in [-0.4, -0.2) is 20.1 Å². The zero-order valence-corrected chi connectivity index (χ0v) is 15.4. The Morgan fingerprint density at radius 3 is 1.88 bits per heavy atom. The minimum atomic E-state index is -4.62. The molecule has 1 aromatic rings. The summed E-state index contributed by atoms with van der Waals surface area (Å²) in [4.78, 5) is 0. The fraction of sp³-hybridized carbons (Fsp3) is 0.714. The Morgan fingerprint density at radius 1 is 0.846 bits per heavy atom. The monoisotopic (exact) mass is 370 g/mol. The average Bonchev–Trinajstić information content (AvgIpc) is 2.62. The van der Waals surface area contributed by atoms with Crippen LogP contribution in [0, 0.1) is 17.8 Å². The average molecular weight is 370 g/mol. The van der Waals surface area contributed by atoms with Crippen LogP contribution in [-0.2, 0) is 4.74 Å². The third kappa shape index (κ3) is 5.38. The van der Waals surface area contributed by atoms with Gasteiger partial charge in [0.1, 0.15) is 5.75 Å². The van der Waals surface area contributed by atoms with Crippen molar-refractivity contribution in [2.24, 2.45) is 17.8 Å². The van der Waals surface area contributed by atoms with E-state index in [1.54, 1.807) is 19.2 Å². The molecule has 5 heteroatoms. The van der Waals surface area contributed by atoms with Crippen LogP contribution < -0.4 is 4.74 Å². The van der Waals surface area contributed by atoms with Crippen LogP contribution in [0.3, 0.4) is 0 Å². The second kappa shape index (κ2) is 8.64. The fourth-order valence-corrected chi connectivity index (χ4v) is 4.93. The van der Waals surface area contributed by atoms with Crippen LogP contribution in [0.1, 0.15) is 62.8 Å². The van der Waals surface area contributed by atoms with E-state index in [0.717, 1.165) is 42.8 Å². The summed E-state index contributed by atoms with van der Waals surface area (Å²) in [6, 6.07) is 6.46. The van der Waals surface area contributed by atoms with Crippen molar-refractivity contribution in [3.63, 3.8) is 0 Å². The lowest BCUT2D eigenvalue weighted by molar-refractivity contribution is -0.274. The van der Waals surface area contributed by atoms with E-state index < -0.39 is 6.36 Å². The van der Waals surface area contributed by atoms with E-state index in [-0.39, 0.29) is 5.75 Å². The summed E-state index contributed by atoms with van der Waals surface area (Å²) in [6.45, 7) is 0.896. The van der Waals surface area contributed by atoms with Crippen molar-refractivity contribution in [3.8, 4) is 5.75 Å². The standard InChI is InChI=1S/C21H29F3O2/c1-25-14-15-2-4-16(5-3-15)17-6-8-18(9-7-17)19-10-12-20(13-11-19)26-21(22,23)24/h10-13,15-18H,2-9,14H2,1H3. The number of alkyl halides is 3. The highest BCUT2D eigenvalue weighted by molar-refractivity contribution is 5.29. The largest absolute Gasteiger partial charge is 0.573 e. The molecule has 2 fully saturated rings. The van der Waals surface area contributed by atoms with Gasteiger partial charge in [0.25, 0.3) is 0 Å². The van der Waals surface area contributed by atoms with Gasteiger partial charge in [-0.25, -0.2) is 0 Å². The predicted molar refractivity (Wildman–Crippen MR) is 95.1 cm³/mol. The van der Waals surface area contributed by atoms with Gasteiger partial charge in [0, 0.05) is 13.7 Å². The quantitative estimate of drug-likeness (QED) is 0.604. The zero-order chi connectivity index (χ0) is 18.6. The van der Waals surface area contributed by atoms with Crippen molar-refractivity contribution in [2.75, 3.05) is 13.7 Å². The summed E-state index contributed by atoms with van der Waals surface area (Å²) in [6.07, 6.45) is 5.38. The number of halogens is 3. The summed E-state index contributed by atoms with van der Waals surface area (Å²) < 4.78 is 46.0. The molecular weight excluding hydrogens is 341 g/mol. The lowest BCUT2D eigenvalue weighted by atomic mass is 9.68. The second-order valence-corrected chi connectivity index (χ2v) is 7.96. The van der Waals surface area contributed by atoms with Gasteiger partial charge in [-0.1, -0.05) is 12.1 Å². The van der Waals surface area contributed by atoms with Crippen LogP contribution in [0.5, 0.6) is 5.75 Å². The lowest BCUT2D eigenvalue weighted by Gasteiger charge is -2.38. The molecular formula is C21H29F3O2. The molecule has 0 amide bonds. The molecule has 0 aromatic heterocycles. The Bertz CT molecular complexity index is 539. The number of benzene rings is 1. The molecule has 2 aliphatic rings. The molecule has 2 nitrogen and oxygen atoms in total. The first-order valence-corrected chi connectivity index (χ1v) is 9.79. The normalized spacial score (nSPS) is 30.2. The zero-order valence-electron chi connectivity index (χ0n) is 15.4. The van der Waals surface area contributed by atoms with E-state index >= 15 is 0 Å². The van der Waals surface area contributed by atoms with Crippen LogP contribution >= 0.6 is 0 Å². The third-order valence-corrected chi connectivity index (χ3v) is 6.32. The van der Waals surface area contributed by atoms with Crippen molar-refractivity contribution in [3.05, 3.63) is 29.8 Å². The SMILES string of the molecule is COCC1CCC(C2CCC(c3ccc(OC(F)(F)F)cc3)CC2)CC1. The molecule has 0 N–H and O–H groups in total. The molecule has 0 aliphatic heterocycles. The number of rotatable bonds is 5. The fourth-order valence-electron chi connectivity index (χ4n) is 4.93. The Hall–Kier alpha value is -1.23. The molecule has 2 saturated carbocycles. The van der Waals surface area contributed by atoms with Crippen molar-refractivity contribution < 1.29 is 22.6 Å². The minimum Gasteiger partial charge on any atom is -0.406 e. The van der Waals surface area contributed by atoms with Gasteiger partial charge in [-0.3, -0.25) is 0 Å². The summed E-state index contributed by atoms with van der Waals surface area (Å²) in [5, 5.41) is 0. The van der Waals surface area contributed by atoms with Gasteiger partial charge in [-0.05, 0) is 92.7 Å². The van der Waals surface area contributed by atoms with Crippen molar-refractivity contribution in [2.45, 2.75) is 63.6 Å². The molecule has 0 atom stereocenters. The van der Waals surface area contributed by atoms with Gasteiger partial charge < -0.3 is 9.47 Å². The molecule has 0 saturated heterocycles. The van der Waals surface area contributed by atoms with Crippen LogP contribution in [0.15, 0.2) is 24.3 Å². The highest BCUT2D eigenvalue weighted by Crippen LogP contribution is 2.44. The van der Waals surface area contributed by atoms with E-state index in [0.29, 0.717) is 5.92 Å². The minimum absolute atomic E-state index is 0.136. The maximum atomic E-state index is 12.3. The molecule has 26 heavy (non-hydrogen) atoms. The Kier molecular flexibility index (Phi) is 6.49. The Labute approximate surface area is 154 Å². The number of hydrogen-bond donors (Lipinski definition) is 0. The van der Waals surface area contributed by atoms with Crippen LogP contribution in [0.2, 0.25) is 0 Å². The third-order valence-electron chi connectivity index (χ3n) is 6.32. The molecule has 0 heterocycles. The number of hydrogen-bond acceptors (Lipinski definition) is 2. The van der Waals surface area contributed by atoms with Crippen LogP contribution in [0.25, 0.3) is 0 Å². The first kappa shape index (κ1) is 19.5. The van der Waals surface area contributed by atoms with Gasteiger partial charge in [0.15, 0.2) is 0 Å². The maximum Gasteiger partial charge on any atom is 0.573 e. The van der Waals surface area contributed by atoms with Crippen molar-refractivity contribution in [1.82, 2.24) is 0 Å². The molecule has 0 radical (unpaired) electrons. The molecule has 2 aliphatic carbocycles. The van der Waals surface area contributed by atoms with Crippen LogP contribution in [0.4, 0.5) is 13.2 Å². The predicted octanol–water partition coefficient (Wildman–Crippen LogP) is 6.31. The van der Waals surface area contributed by atoms with E-state index in [4.69, 9.17) is 4.74 Å². The topological polar surface area (TPSA) is 18.5 Å². The van der Waals surface area contributed by atoms with E-state index in [9.17, 15) is 13.2 Å². The highest BCUT2D eigenvalue weighted by atomic mass is 19.4. The maximum absolute atomic E-state index is 12.3. The van der Waals surface area contributed by atoms with Gasteiger partial charge in [0.05, 0.1) is 0 Å². The van der Waals surface area contributed by atoms with Gasteiger partial charge >= 0.3 is 6.36 Å². The molecule has 0 unspecified atom stereocenters. The van der Waals surface area contributed by atoms with Crippen molar-refractivity contribution >= 4 is 0 Å². The summed E-state index contributed by atoms with van der Waals surface area (Å²) in [5.74, 6) is 2.75. The Morgan fingerprint density at radius 2 is 1.38 bits per heavy atom. The van der Waals surface area contributed by atoms with Gasteiger partial charge in [-0.15, -0.1) is 13.2 Å². The number of methoxy groups -OCH3 is 1. The van der Waals surface area contributed by atoms with E-state index in [1.807, 2.05) is 0 Å². The molecule has 0 spiro atoms. The summed E-state index contributed by atoms with van der Waals surface area (Å²) in [5.41, 5.74) is 1.14. The highest BCUT2D eigenvalue weighted by Gasteiger charge is 2.32. The van der Waals surface area contributed by atoms with E-state index in [1.165, 1.54) is 50.7 Å². The lowest BCUT2D eigenvalue weighted by Crippen LogP contribution is -2.26. The van der Waals surface area contributed by atoms with E-state index in [2.05, 4.69) is 4.74 Å². The molecule has 146 valence electrons. The molecule has 3 rings (SSSR count). The Balaban J connectivity index is 1.46. The second-order valence-electron chi connectivity index (χ2n) is 7.96. The van der Waals surface area contributed by atoms with Crippen molar-refractivity contribution in [1.29, 1.82) is 0 Å². The molecule has 0 bridgehead atoms. The molecule has 1 aromatic carbocycles. The smallest absolute Gasteiger partial charge is 0.406 e. The number of ether oxygens (including phenoxy) is 2. The first-order valence-electron chi connectivity index (χ1n) is 9.79. The summed E-state index contributed by atoms with van der Waals surface area (Å²) in [7, 11) is 1.79. The summed E-state index contributed by atoms with van der Waals surface area (Å²) >= 11 is 0.